The standard InChI is InChI=1S/C54H56Cl2N8O4/c1-37-13-9-15-39(27-37)33-57-61-53(67)47-31-45(55)21-23-49(47)59-51(65)43-19-11-17-41(29-43)35-63(3)25-7-5-6-8-26-64(4)36-42-18-12-20-44(30-42)52(66)60-50-24-22-46(56)32-48(50)54(68)62-58-34-40-16-10-14-38(2)28-40/h9-24,27-34H,5-8,25-26,35-36H2,1-4H3,(H,59,65)(H,60,66)(H,61,67)(H,62,68)/b57-33+,58-34+. The Morgan fingerprint density at radius 2 is 0.912 bits per heavy atom. The van der Waals surface area contributed by atoms with E-state index in [0.29, 0.717) is 45.6 Å². The average Bonchev–Trinajstić information content (AvgIpc) is 3.31. The number of carbonyl (C=O) groups excluding carboxylic acids is 4. The number of hydrogen-bond donors (Lipinski definition) is 4. The van der Waals surface area contributed by atoms with Crippen molar-refractivity contribution in [3.05, 3.63) is 199 Å². The van der Waals surface area contributed by atoms with Crippen LogP contribution in [0.3, 0.4) is 0 Å². The fourth-order valence-corrected chi connectivity index (χ4v) is 7.83. The van der Waals surface area contributed by atoms with Crippen LogP contribution in [0.5, 0.6) is 0 Å². The van der Waals surface area contributed by atoms with Gasteiger partial charge in [-0.25, -0.2) is 10.9 Å². The Morgan fingerprint density at radius 3 is 1.32 bits per heavy atom. The van der Waals surface area contributed by atoms with E-state index in [4.69, 9.17) is 23.2 Å². The molecule has 6 aromatic rings. The number of unbranched alkanes of at least 4 members (excludes halogenated alkanes) is 3. The third-order valence-corrected chi connectivity index (χ3v) is 11.4. The van der Waals surface area contributed by atoms with E-state index in [2.05, 4.69) is 55.6 Å². The molecule has 0 saturated heterocycles. The highest BCUT2D eigenvalue weighted by Gasteiger charge is 2.18. The number of amides is 4. The van der Waals surface area contributed by atoms with Gasteiger partial charge in [0, 0.05) is 34.3 Å². The lowest BCUT2D eigenvalue weighted by molar-refractivity contribution is 0.0947. The molecule has 0 aliphatic rings. The van der Waals surface area contributed by atoms with E-state index in [1.807, 2.05) is 98.8 Å². The minimum Gasteiger partial charge on any atom is -0.321 e. The van der Waals surface area contributed by atoms with Crippen molar-refractivity contribution < 1.29 is 19.2 Å². The Hall–Kier alpha value is -6.96. The third kappa shape index (κ3) is 15.8. The summed E-state index contributed by atoms with van der Waals surface area (Å²) < 4.78 is 0. The molecule has 0 radical (unpaired) electrons. The average molecular weight is 952 g/mol. The van der Waals surface area contributed by atoms with E-state index in [9.17, 15) is 19.2 Å². The molecule has 0 aliphatic heterocycles. The largest absolute Gasteiger partial charge is 0.321 e. The lowest BCUT2D eigenvalue weighted by atomic mass is 10.1. The molecule has 350 valence electrons. The predicted molar refractivity (Wildman–Crippen MR) is 275 cm³/mol. The normalized spacial score (nSPS) is 11.4. The number of rotatable bonds is 21. The van der Waals surface area contributed by atoms with Crippen molar-refractivity contribution >= 4 is 70.6 Å². The van der Waals surface area contributed by atoms with Gasteiger partial charge in [-0.3, -0.25) is 19.2 Å². The summed E-state index contributed by atoms with van der Waals surface area (Å²) in [5.41, 5.74) is 12.9. The summed E-state index contributed by atoms with van der Waals surface area (Å²) in [7, 11) is 4.15. The summed E-state index contributed by atoms with van der Waals surface area (Å²) in [5.74, 6) is -1.69. The smallest absolute Gasteiger partial charge is 0.273 e. The second-order valence-electron chi connectivity index (χ2n) is 16.8. The number of nitrogens with zero attached hydrogens (tertiary/aromatic N) is 4. The number of hydrazone groups is 2. The van der Waals surface area contributed by atoms with Gasteiger partial charge in [0.1, 0.15) is 0 Å². The zero-order chi connectivity index (χ0) is 48.4. The molecule has 0 bridgehead atoms. The molecule has 0 aromatic heterocycles. The minimum atomic E-state index is -0.503. The number of halogens is 2. The number of nitrogens with one attached hydrogen (secondary N) is 4. The molecular formula is C54H56Cl2N8O4. The first-order valence-corrected chi connectivity index (χ1v) is 23.1. The second-order valence-corrected chi connectivity index (χ2v) is 17.7. The Morgan fingerprint density at radius 1 is 0.500 bits per heavy atom. The van der Waals surface area contributed by atoms with Crippen LogP contribution in [0, 0.1) is 13.8 Å². The molecular weight excluding hydrogens is 896 g/mol. The summed E-state index contributed by atoms with van der Waals surface area (Å²) in [5, 5.41) is 14.6. The summed E-state index contributed by atoms with van der Waals surface area (Å²) in [6.07, 6.45) is 7.34. The van der Waals surface area contributed by atoms with Crippen molar-refractivity contribution in [3.8, 4) is 0 Å². The fraction of sp³-hybridized carbons (Fsp3) is 0.222. The maximum absolute atomic E-state index is 13.4. The highest BCUT2D eigenvalue weighted by atomic mass is 35.5. The van der Waals surface area contributed by atoms with Gasteiger partial charge in [0.15, 0.2) is 0 Å². The highest BCUT2D eigenvalue weighted by Crippen LogP contribution is 2.24. The zero-order valence-corrected chi connectivity index (χ0v) is 40.2. The van der Waals surface area contributed by atoms with E-state index in [-0.39, 0.29) is 22.9 Å². The van der Waals surface area contributed by atoms with Gasteiger partial charge >= 0.3 is 0 Å². The molecule has 6 rings (SSSR count). The van der Waals surface area contributed by atoms with E-state index in [1.54, 1.807) is 48.8 Å². The molecule has 4 N–H and O–H groups in total. The number of carbonyl (C=O) groups is 4. The molecule has 0 fully saturated rings. The highest BCUT2D eigenvalue weighted by molar-refractivity contribution is 6.31. The van der Waals surface area contributed by atoms with E-state index < -0.39 is 11.8 Å². The summed E-state index contributed by atoms with van der Waals surface area (Å²) in [4.78, 5) is 57.5. The van der Waals surface area contributed by atoms with Crippen LogP contribution in [-0.2, 0) is 13.1 Å². The van der Waals surface area contributed by atoms with Crippen LogP contribution in [-0.4, -0.2) is 73.0 Å². The zero-order valence-electron chi connectivity index (χ0n) is 38.7. The van der Waals surface area contributed by atoms with E-state index in [1.165, 1.54) is 12.1 Å². The van der Waals surface area contributed by atoms with Crippen LogP contribution in [0.1, 0.15) is 100 Å². The van der Waals surface area contributed by atoms with Crippen LogP contribution < -0.4 is 21.5 Å². The first-order chi connectivity index (χ1) is 32.8. The number of anilines is 2. The number of benzene rings is 6. The van der Waals surface area contributed by atoms with Gasteiger partial charge in [-0.1, -0.05) is 120 Å². The molecule has 6 aromatic carbocycles. The molecule has 14 heteroatoms. The van der Waals surface area contributed by atoms with Gasteiger partial charge < -0.3 is 20.4 Å². The van der Waals surface area contributed by atoms with Crippen LogP contribution in [0.25, 0.3) is 0 Å². The Balaban J connectivity index is 0.907. The van der Waals surface area contributed by atoms with Gasteiger partial charge in [0.25, 0.3) is 23.6 Å². The molecule has 0 saturated carbocycles. The van der Waals surface area contributed by atoms with Crippen molar-refractivity contribution in [1.82, 2.24) is 20.7 Å². The monoisotopic (exact) mass is 950 g/mol. The molecule has 4 amide bonds. The summed E-state index contributed by atoms with van der Waals surface area (Å²) >= 11 is 12.5. The lowest BCUT2D eigenvalue weighted by Gasteiger charge is -2.18. The topological polar surface area (TPSA) is 148 Å². The molecule has 0 atom stereocenters. The van der Waals surface area contributed by atoms with Crippen molar-refractivity contribution in [2.75, 3.05) is 37.8 Å². The summed E-state index contributed by atoms with van der Waals surface area (Å²) in [6.45, 7) is 7.11. The van der Waals surface area contributed by atoms with Crippen molar-refractivity contribution in [3.63, 3.8) is 0 Å². The van der Waals surface area contributed by atoms with Gasteiger partial charge in [-0.15, -0.1) is 0 Å². The van der Waals surface area contributed by atoms with Crippen LogP contribution in [0.15, 0.2) is 144 Å². The van der Waals surface area contributed by atoms with Gasteiger partial charge in [-0.05, 0) is 137 Å². The first-order valence-electron chi connectivity index (χ1n) is 22.4. The van der Waals surface area contributed by atoms with Crippen molar-refractivity contribution in [2.45, 2.75) is 52.6 Å². The Kier molecular flexibility index (Phi) is 18.7. The molecule has 0 heterocycles. The van der Waals surface area contributed by atoms with Crippen LogP contribution in [0.2, 0.25) is 10.0 Å². The SMILES string of the molecule is Cc1cccc(/C=N/NC(=O)c2cc(Cl)ccc2NC(=O)c2cccc(CN(C)CCCCCCN(C)Cc3cccc(C(=O)Nc4ccc(Cl)cc4C(=O)N/N=C/c4cccc(C)c4)c3)c2)c1. The second kappa shape index (κ2) is 25.3. The Bertz CT molecular complexity index is 2610. The van der Waals surface area contributed by atoms with Gasteiger partial charge in [0.05, 0.1) is 34.9 Å². The maximum atomic E-state index is 13.4. The van der Waals surface area contributed by atoms with Gasteiger partial charge in [-0.2, -0.15) is 10.2 Å². The minimum absolute atomic E-state index is 0.193. The van der Waals surface area contributed by atoms with Crippen molar-refractivity contribution in [2.24, 2.45) is 10.2 Å². The molecule has 68 heavy (non-hydrogen) atoms. The Labute approximate surface area is 408 Å². The number of aryl methyl sites for hydroxylation is 2. The van der Waals surface area contributed by atoms with Gasteiger partial charge in [0.2, 0.25) is 0 Å². The first kappa shape index (κ1) is 50.5. The van der Waals surface area contributed by atoms with Crippen LogP contribution >= 0.6 is 23.2 Å². The van der Waals surface area contributed by atoms with E-state index in [0.717, 1.165) is 72.2 Å². The molecule has 0 spiro atoms. The predicted octanol–water partition coefficient (Wildman–Crippen LogP) is 10.8. The van der Waals surface area contributed by atoms with Crippen LogP contribution in [0.4, 0.5) is 11.4 Å². The molecule has 0 unspecified atom stereocenters. The number of hydrogen-bond acceptors (Lipinski definition) is 8. The van der Waals surface area contributed by atoms with Crippen molar-refractivity contribution in [1.29, 1.82) is 0 Å². The maximum Gasteiger partial charge on any atom is 0.273 e. The lowest BCUT2D eigenvalue weighted by Crippen LogP contribution is -2.22. The molecule has 12 nitrogen and oxygen atoms in total. The summed E-state index contributed by atoms with van der Waals surface area (Å²) in [6, 6.07) is 39.8. The quantitative estimate of drug-likeness (QED) is 0.0321. The fourth-order valence-electron chi connectivity index (χ4n) is 7.49. The molecule has 0 aliphatic carbocycles. The van der Waals surface area contributed by atoms with E-state index >= 15 is 0 Å². The third-order valence-electron chi connectivity index (χ3n) is 10.9.